The molecule has 1 unspecified atom stereocenters. The Labute approximate surface area is 150 Å². The van der Waals surface area contributed by atoms with Gasteiger partial charge in [0.05, 0.1) is 5.92 Å². The molecule has 134 valence electrons. The molecule has 0 saturated heterocycles. The summed E-state index contributed by atoms with van der Waals surface area (Å²) < 4.78 is 6.56. The monoisotopic (exact) mass is 357 g/mol. The molecule has 0 aromatic heterocycles. The zero-order valence-electron chi connectivity index (χ0n) is 15.1. The van der Waals surface area contributed by atoms with E-state index < -0.39 is 20.2 Å². The van der Waals surface area contributed by atoms with Crippen molar-refractivity contribution < 1.29 is 14.3 Å². The minimum Gasteiger partial charge on any atom is -0.481 e. The van der Waals surface area contributed by atoms with Crippen molar-refractivity contribution in [1.29, 1.82) is 0 Å². The number of hydrogen-bond acceptors (Lipinski definition) is 3. The van der Waals surface area contributed by atoms with E-state index in [9.17, 15) is 9.90 Å². The standard InChI is InChI=1S/C20H27NO3Si/c1-20(2,3)25(17-10-6-4-7-11-17,18-12-8-5-9-13-18)24-15-16(14-21)19(22)23/h4-13,16H,14-15,21H2,1-3H3,(H,22,23). The number of benzene rings is 2. The summed E-state index contributed by atoms with van der Waals surface area (Å²) in [6.07, 6.45) is 0. The largest absolute Gasteiger partial charge is 0.481 e. The van der Waals surface area contributed by atoms with E-state index in [4.69, 9.17) is 10.2 Å². The lowest BCUT2D eigenvalue weighted by molar-refractivity contribution is -0.142. The maximum atomic E-state index is 11.4. The molecule has 2 rings (SSSR count). The van der Waals surface area contributed by atoms with Crippen molar-refractivity contribution in [3.8, 4) is 0 Å². The molecular weight excluding hydrogens is 330 g/mol. The summed E-state index contributed by atoms with van der Waals surface area (Å²) >= 11 is 0. The molecule has 2 aromatic carbocycles. The third kappa shape index (κ3) is 4.00. The van der Waals surface area contributed by atoms with Crippen LogP contribution in [0.25, 0.3) is 0 Å². The molecule has 2 aromatic rings. The van der Waals surface area contributed by atoms with Crippen LogP contribution in [0.15, 0.2) is 60.7 Å². The number of hydrogen-bond donors (Lipinski definition) is 2. The fourth-order valence-corrected chi connectivity index (χ4v) is 7.83. The van der Waals surface area contributed by atoms with E-state index in [-0.39, 0.29) is 18.2 Å². The van der Waals surface area contributed by atoms with Crippen LogP contribution in [0.3, 0.4) is 0 Å². The van der Waals surface area contributed by atoms with Crippen LogP contribution in [0.4, 0.5) is 0 Å². The van der Waals surface area contributed by atoms with Gasteiger partial charge in [-0.3, -0.25) is 4.79 Å². The minimum atomic E-state index is -2.69. The average molecular weight is 358 g/mol. The number of nitrogens with two attached hydrogens (primary N) is 1. The van der Waals surface area contributed by atoms with Gasteiger partial charge in [0.1, 0.15) is 0 Å². The Morgan fingerprint density at radius 1 is 1.04 bits per heavy atom. The lowest BCUT2D eigenvalue weighted by Crippen LogP contribution is -2.67. The summed E-state index contributed by atoms with van der Waals surface area (Å²) in [6, 6.07) is 20.3. The molecule has 0 radical (unpaired) electrons. The highest BCUT2D eigenvalue weighted by atomic mass is 28.4. The van der Waals surface area contributed by atoms with Crippen LogP contribution < -0.4 is 16.1 Å². The molecule has 0 aliphatic rings. The maximum Gasteiger partial charge on any atom is 0.310 e. The third-order valence-corrected chi connectivity index (χ3v) is 9.56. The lowest BCUT2D eigenvalue weighted by Gasteiger charge is -2.43. The predicted octanol–water partition coefficient (Wildman–Crippen LogP) is 2.22. The van der Waals surface area contributed by atoms with Gasteiger partial charge in [-0.1, -0.05) is 81.4 Å². The van der Waals surface area contributed by atoms with Crippen molar-refractivity contribution in [3.63, 3.8) is 0 Å². The summed E-state index contributed by atoms with van der Waals surface area (Å²) in [4.78, 5) is 11.4. The van der Waals surface area contributed by atoms with E-state index >= 15 is 0 Å². The highest BCUT2D eigenvalue weighted by molar-refractivity contribution is 6.99. The minimum absolute atomic E-state index is 0.0630. The highest BCUT2D eigenvalue weighted by Gasteiger charge is 2.50. The van der Waals surface area contributed by atoms with Gasteiger partial charge in [-0.2, -0.15) is 0 Å². The number of carboxylic acid groups (broad SMARTS) is 1. The van der Waals surface area contributed by atoms with Crippen LogP contribution in [-0.2, 0) is 9.22 Å². The highest BCUT2D eigenvalue weighted by Crippen LogP contribution is 2.36. The van der Waals surface area contributed by atoms with Crippen molar-refractivity contribution in [2.45, 2.75) is 25.8 Å². The van der Waals surface area contributed by atoms with Gasteiger partial charge in [-0.25, -0.2) is 0 Å². The second kappa shape index (κ2) is 7.95. The lowest BCUT2D eigenvalue weighted by atomic mass is 10.2. The SMILES string of the molecule is CC(C)(C)[Si](OCC(CN)C(=O)O)(c1ccccc1)c1ccccc1. The van der Waals surface area contributed by atoms with Crippen molar-refractivity contribution >= 4 is 24.7 Å². The first-order valence-corrected chi connectivity index (χ1v) is 10.4. The Morgan fingerprint density at radius 3 is 1.80 bits per heavy atom. The van der Waals surface area contributed by atoms with Gasteiger partial charge in [-0.05, 0) is 15.4 Å². The Morgan fingerprint density at radius 2 is 1.48 bits per heavy atom. The van der Waals surface area contributed by atoms with E-state index in [0.717, 1.165) is 10.4 Å². The van der Waals surface area contributed by atoms with Crippen molar-refractivity contribution in [3.05, 3.63) is 60.7 Å². The van der Waals surface area contributed by atoms with E-state index in [0.29, 0.717) is 0 Å². The topological polar surface area (TPSA) is 72.5 Å². The van der Waals surface area contributed by atoms with E-state index in [1.54, 1.807) is 0 Å². The molecule has 4 nitrogen and oxygen atoms in total. The summed E-state index contributed by atoms with van der Waals surface area (Å²) in [5, 5.41) is 11.5. The molecule has 5 heteroatoms. The molecular formula is C20H27NO3Si. The molecule has 0 saturated carbocycles. The molecule has 0 bridgehead atoms. The van der Waals surface area contributed by atoms with Crippen molar-refractivity contribution in [1.82, 2.24) is 0 Å². The zero-order valence-corrected chi connectivity index (χ0v) is 16.1. The van der Waals surface area contributed by atoms with Gasteiger partial charge in [-0.15, -0.1) is 0 Å². The molecule has 25 heavy (non-hydrogen) atoms. The molecule has 0 aliphatic carbocycles. The molecule has 0 amide bonds. The molecule has 0 spiro atoms. The summed E-state index contributed by atoms with van der Waals surface area (Å²) in [5.41, 5.74) is 5.64. The maximum absolute atomic E-state index is 11.4. The quantitative estimate of drug-likeness (QED) is 0.745. The second-order valence-electron chi connectivity index (χ2n) is 7.25. The first-order chi connectivity index (χ1) is 11.8. The number of aliphatic carboxylic acids is 1. The second-order valence-corrected chi connectivity index (χ2v) is 11.6. The molecule has 0 fully saturated rings. The van der Waals surface area contributed by atoms with Gasteiger partial charge in [0, 0.05) is 13.2 Å². The summed E-state index contributed by atoms with van der Waals surface area (Å²) in [7, 11) is -2.69. The van der Waals surface area contributed by atoms with Gasteiger partial charge >= 0.3 is 5.97 Å². The van der Waals surface area contributed by atoms with Gasteiger partial charge in [0.15, 0.2) is 0 Å². The summed E-state index contributed by atoms with van der Waals surface area (Å²) in [5.74, 6) is -1.62. The Balaban J connectivity index is 2.58. The van der Waals surface area contributed by atoms with Crippen molar-refractivity contribution in [2.75, 3.05) is 13.2 Å². The fraction of sp³-hybridized carbons (Fsp3) is 0.350. The van der Waals surface area contributed by atoms with E-state index in [2.05, 4.69) is 45.0 Å². The first-order valence-electron chi connectivity index (χ1n) is 8.51. The molecule has 0 aliphatic heterocycles. The van der Waals surface area contributed by atoms with Crippen LogP contribution in [-0.4, -0.2) is 32.5 Å². The van der Waals surface area contributed by atoms with Gasteiger partial charge < -0.3 is 15.3 Å². The first kappa shape index (κ1) is 19.4. The summed E-state index contributed by atoms with van der Waals surface area (Å²) in [6.45, 7) is 6.67. The molecule has 0 heterocycles. The number of carbonyl (C=O) groups is 1. The Hall–Kier alpha value is -1.95. The van der Waals surface area contributed by atoms with Gasteiger partial charge in [0.25, 0.3) is 8.32 Å². The van der Waals surface area contributed by atoms with Gasteiger partial charge in [0.2, 0.25) is 0 Å². The van der Waals surface area contributed by atoms with Crippen LogP contribution in [0.1, 0.15) is 20.8 Å². The number of carboxylic acids is 1. The van der Waals surface area contributed by atoms with Crippen LogP contribution in [0.2, 0.25) is 5.04 Å². The van der Waals surface area contributed by atoms with Crippen LogP contribution >= 0.6 is 0 Å². The Kier molecular flexibility index (Phi) is 6.16. The van der Waals surface area contributed by atoms with E-state index in [1.165, 1.54) is 0 Å². The average Bonchev–Trinajstić information content (AvgIpc) is 2.59. The van der Waals surface area contributed by atoms with Crippen LogP contribution in [0.5, 0.6) is 0 Å². The Bertz CT molecular complexity index is 644. The predicted molar refractivity (Wildman–Crippen MR) is 104 cm³/mol. The van der Waals surface area contributed by atoms with E-state index in [1.807, 2.05) is 36.4 Å². The number of rotatable bonds is 7. The fourth-order valence-electron chi connectivity index (χ4n) is 3.23. The molecule has 1 atom stereocenters. The third-order valence-electron chi connectivity index (χ3n) is 4.55. The smallest absolute Gasteiger partial charge is 0.310 e. The van der Waals surface area contributed by atoms with Crippen LogP contribution in [0, 0.1) is 5.92 Å². The normalized spacial score (nSPS) is 13.4. The zero-order chi connectivity index (χ0) is 18.5. The molecule has 3 N–H and O–H groups in total. The van der Waals surface area contributed by atoms with Crippen molar-refractivity contribution in [2.24, 2.45) is 11.7 Å².